The zero-order valence-electron chi connectivity index (χ0n) is 20.4. The molecule has 1 fully saturated rings. The highest BCUT2D eigenvalue weighted by molar-refractivity contribution is 5.97. The lowest BCUT2D eigenvalue weighted by Crippen LogP contribution is -2.43. The lowest BCUT2D eigenvalue weighted by atomic mass is 10.0. The molecule has 1 aliphatic heterocycles. The number of pyridine rings is 2. The number of ether oxygens (including phenoxy) is 1. The number of carbonyl (C=O) groups excluding carboxylic acids is 1. The smallest absolute Gasteiger partial charge is 0.257 e. The van der Waals surface area contributed by atoms with Crippen LogP contribution in [0.25, 0.3) is 16.7 Å². The first kappa shape index (κ1) is 26.6. The molecule has 2 aromatic heterocycles. The summed E-state index contributed by atoms with van der Waals surface area (Å²) >= 11 is 0. The normalized spacial score (nSPS) is 16.6. The second-order valence-electron chi connectivity index (χ2n) is 9.29. The number of nitrogens with one attached hydrogen (secondary N) is 1. The van der Waals surface area contributed by atoms with Gasteiger partial charge in [-0.2, -0.15) is 0 Å². The maximum Gasteiger partial charge on any atom is 0.257 e. The largest absolute Gasteiger partial charge is 0.391 e. The number of hydrogen-bond acceptors (Lipinski definition) is 6. The molecule has 1 saturated heterocycles. The average molecular weight is 522 g/mol. The number of aliphatic hydroxyl groups is 1. The predicted molar refractivity (Wildman–Crippen MR) is 128 cm³/mol. The van der Waals surface area contributed by atoms with Crippen LogP contribution in [0.1, 0.15) is 30.6 Å². The van der Waals surface area contributed by atoms with Crippen molar-refractivity contribution in [3.63, 3.8) is 0 Å². The Balaban J connectivity index is 1.97. The summed E-state index contributed by atoms with van der Waals surface area (Å²) in [6.45, 7) is 4.10. The average Bonchev–Trinajstić information content (AvgIpc) is 3.25. The van der Waals surface area contributed by atoms with Gasteiger partial charge < -0.3 is 20.1 Å². The molecule has 1 amide bonds. The van der Waals surface area contributed by atoms with E-state index in [0.29, 0.717) is 18.6 Å². The van der Waals surface area contributed by atoms with E-state index in [-0.39, 0.29) is 37.1 Å². The van der Waals surface area contributed by atoms with E-state index in [2.05, 4.69) is 10.3 Å². The molecule has 8 nitrogen and oxygen atoms in total. The third-order valence-corrected chi connectivity index (χ3v) is 6.31. The van der Waals surface area contributed by atoms with Crippen LogP contribution in [0, 0.1) is 29.2 Å². The van der Waals surface area contributed by atoms with E-state index in [1.54, 1.807) is 0 Å². The van der Waals surface area contributed by atoms with Crippen LogP contribution in [0.3, 0.4) is 0 Å². The van der Waals surface area contributed by atoms with E-state index in [1.807, 2.05) is 13.8 Å². The molecule has 12 heteroatoms. The Bertz CT molecular complexity index is 1390. The van der Waals surface area contributed by atoms with E-state index in [4.69, 9.17) is 4.74 Å². The van der Waals surface area contributed by atoms with Gasteiger partial charge in [-0.25, -0.2) is 22.5 Å². The van der Waals surface area contributed by atoms with Gasteiger partial charge >= 0.3 is 0 Å². The Morgan fingerprint density at radius 2 is 1.86 bits per heavy atom. The molecule has 0 spiro atoms. The van der Waals surface area contributed by atoms with Crippen molar-refractivity contribution in [1.82, 2.24) is 14.9 Å². The molecule has 0 aliphatic carbocycles. The summed E-state index contributed by atoms with van der Waals surface area (Å²) in [5.41, 5.74) is -2.58. The van der Waals surface area contributed by atoms with Crippen LogP contribution in [-0.2, 0) is 4.74 Å². The maximum atomic E-state index is 15.1. The minimum Gasteiger partial charge on any atom is -0.391 e. The molecule has 1 aliphatic rings. The standard InChI is InChI=1S/C25H26F4N4O4/c1-12(2)20(11-37-3)30-25(36)16-10-33(21-17(27)6-13(26)7-18(21)28)23-15(22(16)35)8-19(29)24(31-23)32-5-4-14(34)9-32/h6-8,10,12,14,20,34H,4-5,9,11H2,1-3H3,(H,30,36)/t14-,20-/m0/s1. The second-order valence-corrected chi connectivity index (χ2v) is 9.29. The van der Waals surface area contributed by atoms with Crippen molar-refractivity contribution >= 4 is 22.8 Å². The van der Waals surface area contributed by atoms with Crippen molar-refractivity contribution in [2.24, 2.45) is 5.92 Å². The number of aromatic nitrogens is 2. The Hall–Kier alpha value is -3.51. The van der Waals surface area contributed by atoms with Gasteiger partial charge in [-0.05, 0) is 18.4 Å². The lowest BCUT2D eigenvalue weighted by Gasteiger charge is -2.22. The van der Waals surface area contributed by atoms with E-state index < -0.39 is 63.4 Å². The van der Waals surface area contributed by atoms with E-state index >= 15 is 4.39 Å². The summed E-state index contributed by atoms with van der Waals surface area (Å²) in [7, 11) is 1.44. The molecule has 0 saturated carbocycles. The third-order valence-electron chi connectivity index (χ3n) is 6.31. The van der Waals surface area contributed by atoms with E-state index in [1.165, 1.54) is 12.0 Å². The molecular weight excluding hydrogens is 496 g/mol. The number of carbonyl (C=O) groups is 1. The number of amides is 1. The number of anilines is 1. The van der Waals surface area contributed by atoms with Gasteiger partial charge in [0.1, 0.15) is 17.1 Å². The molecule has 2 N–H and O–H groups in total. The lowest BCUT2D eigenvalue weighted by molar-refractivity contribution is 0.0865. The monoisotopic (exact) mass is 522 g/mol. The molecule has 198 valence electrons. The Morgan fingerprint density at radius 1 is 1.19 bits per heavy atom. The fourth-order valence-corrected chi connectivity index (χ4v) is 4.29. The van der Waals surface area contributed by atoms with Gasteiger partial charge in [0.2, 0.25) is 5.43 Å². The van der Waals surface area contributed by atoms with Gasteiger partial charge in [-0.1, -0.05) is 13.8 Å². The molecule has 37 heavy (non-hydrogen) atoms. The second kappa shape index (κ2) is 10.5. The number of β-amino-alcohol motifs (C(OH)–C–C–N with tert-alkyl or cyclic N) is 1. The van der Waals surface area contributed by atoms with Crippen molar-refractivity contribution in [1.29, 1.82) is 0 Å². The van der Waals surface area contributed by atoms with Crippen LogP contribution in [0.5, 0.6) is 0 Å². The van der Waals surface area contributed by atoms with Crippen LogP contribution in [0.4, 0.5) is 23.4 Å². The highest BCUT2D eigenvalue weighted by Crippen LogP contribution is 2.28. The van der Waals surface area contributed by atoms with Crippen molar-refractivity contribution in [3.8, 4) is 5.69 Å². The number of nitrogens with zero attached hydrogens (tertiary/aromatic N) is 3. The molecule has 1 aromatic carbocycles. The first-order valence-electron chi connectivity index (χ1n) is 11.7. The van der Waals surface area contributed by atoms with Gasteiger partial charge in [0.05, 0.1) is 24.1 Å². The number of halogens is 4. The summed E-state index contributed by atoms with van der Waals surface area (Å²) in [4.78, 5) is 32.0. The molecule has 0 unspecified atom stereocenters. The molecule has 0 radical (unpaired) electrons. The van der Waals surface area contributed by atoms with Gasteiger partial charge in [0.15, 0.2) is 28.9 Å². The minimum absolute atomic E-state index is 0.0650. The highest BCUT2D eigenvalue weighted by Gasteiger charge is 2.28. The fourth-order valence-electron chi connectivity index (χ4n) is 4.29. The zero-order chi connectivity index (χ0) is 27.0. The van der Waals surface area contributed by atoms with Crippen molar-refractivity contribution in [3.05, 3.63) is 63.5 Å². The zero-order valence-corrected chi connectivity index (χ0v) is 20.4. The molecule has 4 rings (SSSR count). The highest BCUT2D eigenvalue weighted by atomic mass is 19.1. The van der Waals surface area contributed by atoms with Crippen molar-refractivity contribution in [2.45, 2.75) is 32.4 Å². The van der Waals surface area contributed by atoms with E-state index in [9.17, 15) is 27.9 Å². The van der Waals surface area contributed by atoms with Crippen LogP contribution in [0.2, 0.25) is 0 Å². The van der Waals surface area contributed by atoms with Crippen LogP contribution in [-0.4, -0.2) is 59.5 Å². The quantitative estimate of drug-likeness (QED) is 0.464. The molecule has 3 aromatic rings. The van der Waals surface area contributed by atoms with Crippen LogP contribution < -0.4 is 15.6 Å². The molecular formula is C25H26F4N4O4. The summed E-state index contributed by atoms with van der Waals surface area (Å²) < 4.78 is 64.4. The number of fused-ring (bicyclic) bond motifs is 1. The van der Waals surface area contributed by atoms with Gasteiger partial charge in [-0.3, -0.25) is 14.2 Å². The Labute approximate surface area is 209 Å². The number of aliphatic hydroxyl groups excluding tert-OH is 1. The minimum atomic E-state index is -1.32. The SMILES string of the molecule is COC[C@H](NC(=O)c1cn(-c2c(F)cc(F)cc2F)c2nc(N3CC[C@H](O)C3)c(F)cc2c1=O)C(C)C. The third kappa shape index (κ3) is 5.16. The predicted octanol–water partition coefficient (Wildman–Crippen LogP) is 2.91. The number of hydrogen-bond donors (Lipinski definition) is 2. The number of rotatable bonds is 7. The van der Waals surface area contributed by atoms with Crippen LogP contribution in [0.15, 0.2) is 29.2 Å². The molecule has 2 atom stereocenters. The summed E-state index contributed by atoms with van der Waals surface area (Å²) in [6, 6.07) is 1.22. The fraction of sp³-hybridized carbons (Fsp3) is 0.400. The maximum absolute atomic E-state index is 15.1. The number of methoxy groups -OCH3 is 1. The van der Waals surface area contributed by atoms with E-state index in [0.717, 1.165) is 16.8 Å². The Morgan fingerprint density at radius 3 is 2.43 bits per heavy atom. The summed E-state index contributed by atoms with van der Waals surface area (Å²) in [5.74, 6) is -5.93. The van der Waals surface area contributed by atoms with Gasteiger partial charge in [0.25, 0.3) is 5.91 Å². The number of benzene rings is 1. The van der Waals surface area contributed by atoms with Crippen LogP contribution >= 0.6 is 0 Å². The summed E-state index contributed by atoms with van der Waals surface area (Å²) in [5, 5.41) is 12.1. The first-order valence-corrected chi connectivity index (χ1v) is 11.7. The topological polar surface area (TPSA) is 96.7 Å². The first-order chi connectivity index (χ1) is 17.5. The summed E-state index contributed by atoms with van der Waals surface area (Å²) in [6.07, 6.45) is 0.528. The van der Waals surface area contributed by atoms with Crippen molar-refractivity contribution in [2.75, 3.05) is 31.7 Å². The molecule has 3 heterocycles. The Kier molecular flexibility index (Phi) is 7.51. The van der Waals surface area contributed by atoms with Crippen molar-refractivity contribution < 1.29 is 32.2 Å². The molecule has 0 bridgehead atoms. The van der Waals surface area contributed by atoms with Gasteiger partial charge in [0, 0.05) is 38.5 Å². The van der Waals surface area contributed by atoms with Gasteiger partial charge in [-0.15, -0.1) is 0 Å².